The van der Waals surface area contributed by atoms with Crippen LogP contribution in [-0.4, -0.2) is 20.7 Å². The van der Waals surface area contributed by atoms with Gasteiger partial charge in [0.05, 0.1) is 12.6 Å². The van der Waals surface area contributed by atoms with Gasteiger partial charge in [-0.15, -0.1) is 0 Å². The highest BCUT2D eigenvalue weighted by Gasteiger charge is 2.46. The molecule has 3 nitrogen and oxygen atoms in total. The van der Waals surface area contributed by atoms with Gasteiger partial charge in [0.2, 0.25) is 11.3 Å². The molecule has 0 spiro atoms. The van der Waals surface area contributed by atoms with Gasteiger partial charge in [-0.3, -0.25) is 9.69 Å². The van der Waals surface area contributed by atoms with Gasteiger partial charge in [0.15, 0.2) is 0 Å². The summed E-state index contributed by atoms with van der Waals surface area (Å²) in [6, 6.07) is 0. The fourth-order valence-corrected chi connectivity index (χ4v) is 2.14. The van der Waals surface area contributed by atoms with E-state index in [9.17, 15) is 9.35 Å². The van der Waals surface area contributed by atoms with E-state index in [1.807, 2.05) is 0 Å². The zero-order chi connectivity index (χ0) is 6.43. The molecule has 0 aromatic rings. The number of hydrogen-bond acceptors (Lipinski definition) is 2. The molecule has 1 unspecified atom stereocenters. The highest BCUT2D eigenvalue weighted by atomic mass is 32.2. The lowest BCUT2D eigenvalue weighted by Crippen LogP contribution is -2.49. The number of carbonyl (C=O) groups excluding carboxylic acids is 1. The molecule has 1 amide bonds. The first-order chi connectivity index (χ1) is 4.29. The van der Waals surface area contributed by atoms with Crippen LogP contribution < -0.4 is 0 Å². The molecule has 0 saturated carbocycles. The number of rotatable bonds is 0. The maximum Gasteiger partial charge on any atom is 0.237 e. The van der Waals surface area contributed by atoms with Crippen molar-refractivity contribution in [3.8, 4) is 0 Å². The van der Waals surface area contributed by atoms with Crippen LogP contribution in [0.3, 0.4) is 0 Å². The predicted octanol–water partition coefficient (Wildman–Crippen LogP) is -0.222. The average molecular weight is 143 g/mol. The molecule has 0 radical (unpaired) electrons. The van der Waals surface area contributed by atoms with Gasteiger partial charge in [0.25, 0.3) is 0 Å². The topological polar surface area (TPSA) is 43.4 Å². The van der Waals surface area contributed by atoms with Crippen LogP contribution in [0.4, 0.5) is 0 Å². The Morgan fingerprint density at radius 1 is 1.89 bits per heavy atom. The smallest absolute Gasteiger partial charge is 0.237 e. The molecule has 9 heavy (non-hydrogen) atoms. The van der Waals surface area contributed by atoms with Gasteiger partial charge < -0.3 is 4.55 Å². The van der Waals surface area contributed by atoms with E-state index in [0.29, 0.717) is 6.42 Å². The average Bonchev–Trinajstić information content (AvgIpc) is 2.07. The van der Waals surface area contributed by atoms with E-state index in [2.05, 4.69) is 0 Å². The number of amides is 1. The van der Waals surface area contributed by atoms with Crippen LogP contribution in [-0.2, 0) is 16.0 Å². The minimum absolute atomic E-state index is 0.0162. The molecule has 4 heteroatoms. The van der Waals surface area contributed by atoms with E-state index in [4.69, 9.17) is 0 Å². The molecule has 2 atom stereocenters. The van der Waals surface area contributed by atoms with Gasteiger partial charge in [0, 0.05) is 11.2 Å². The number of nitrogens with zero attached hydrogens (tertiary/aromatic N) is 1. The molecule has 0 aromatic carbocycles. The Morgan fingerprint density at radius 2 is 2.67 bits per heavy atom. The quantitative estimate of drug-likeness (QED) is 0.347. The fourth-order valence-electron chi connectivity index (χ4n) is 0.991. The van der Waals surface area contributed by atoms with Crippen molar-refractivity contribution in [2.45, 2.75) is 11.8 Å². The molecule has 0 bridgehead atoms. The van der Waals surface area contributed by atoms with E-state index < -0.39 is 11.2 Å². The van der Waals surface area contributed by atoms with E-state index in [-0.39, 0.29) is 11.3 Å². The van der Waals surface area contributed by atoms with Gasteiger partial charge in [0.1, 0.15) is 5.41 Å². The Labute approximate surface area is 55.5 Å². The first-order valence-electron chi connectivity index (χ1n) is 2.68. The molecule has 1 saturated heterocycles. The van der Waals surface area contributed by atoms with E-state index in [1.165, 1.54) is 4.90 Å². The normalized spacial score (nSPS) is 38.8. The van der Waals surface area contributed by atoms with Crippen LogP contribution in [0.2, 0.25) is 0 Å². The number of carbonyl (C=O) groups is 1. The van der Waals surface area contributed by atoms with Crippen LogP contribution in [0.1, 0.15) is 6.42 Å². The van der Waals surface area contributed by atoms with Gasteiger partial charge in [-0.1, -0.05) is 0 Å². The predicted molar refractivity (Wildman–Crippen MR) is 32.5 cm³/mol. The van der Waals surface area contributed by atoms with Crippen LogP contribution >= 0.6 is 0 Å². The summed E-state index contributed by atoms with van der Waals surface area (Å²) in [5.74, 6) is 0.0853. The largest absolute Gasteiger partial charge is 0.610 e. The number of hydrogen-bond donors (Lipinski definition) is 0. The van der Waals surface area contributed by atoms with Gasteiger partial charge in [-0.2, -0.15) is 0 Å². The summed E-state index contributed by atoms with van der Waals surface area (Å²) in [7, 11) is 0. The second-order valence-electron chi connectivity index (χ2n) is 2.07. The minimum Gasteiger partial charge on any atom is -0.610 e. The van der Waals surface area contributed by atoms with E-state index in [1.54, 1.807) is 11.6 Å². The molecule has 2 rings (SSSR count). The third-order valence-corrected chi connectivity index (χ3v) is 2.89. The van der Waals surface area contributed by atoms with Crippen molar-refractivity contribution in [3.63, 3.8) is 0 Å². The van der Waals surface area contributed by atoms with Crippen molar-refractivity contribution in [2.75, 3.05) is 0 Å². The lowest BCUT2D eigenvalue weighted by atomic mass is 10.2. The summed E-state index contributed by atoms with van der Waals surface area (Å²) < 4.78 is 10.8. The lowest BCUT2D eigenvalue weighted by molar-refractivity contribution is -0.137. The Hall–Kier alpha value is -0.480. The maximum absolute atomic E-state index is 10.8. The minimum atomic E-state index is -0.907. The van der Waals surface area contributed by atoms with Crippen LogP contribution in [0, 0.1) is 0 Å². The van der Waals surface area contributed by atoms with Gasteiger partial charge >= 0.3 is 0 Å². The van der Waals surface area contributed by atoms with E-state index in [0.717, 1.165) is 0 Å². The molecule has 0 aromatic heterocycles. The molecule has 2 aliphatic rings. The van der Waals surface area contributed by atoms with Gasteiger partial charge in [-0.05, 0) is 0 Å². The van der Waals surface area contributed by atoms with Crippen LogP contribution in [0.15, 0.2) is 11.6 Å². The second kappa shape index (κ2) is 1.52. The Balaban J connectivity index is 2.19. The number of fused-ring (bicyclic) bond motifs is 1. The van der Waals surface area contributed by atoms with Crippen molar-refractivity contribution in [3.05, 3.63) is 11.6 Å². The summed E-state index contributed by atoms with van der Waals surface area (Å²) in [6.07, 6.45) is 2.06. The molecule has 1 fully saturated rings. The lowest BCUT2D eigenvalue weighted by Gasteiger charge is -2.30. The zero-order valence-corrected chi connectivity index (χ0v) is 5.43. The molecular formula is C5H5NO2S. The standard InChI is InChI=1S/C5H5NO2S/c7-4-3-5-6(4)1-2-9(5)8/h1-2,5H,3H2/t5-,9?/m0/s1. The maximum atomic E-state index is 10.8. The van der Waals surface area contributed by atoms with Crippen LogP contribution in [0.5, 0.6) is 0 Å². The van der Waals surface area contributed by atoms with Crippen molar-refractivity contribution >= 4 is 17.1 Å². The molecule has 48 valence electrons. The highest BCUT2D eigenvalue weighted by molar-refractivity contribution is 7.95. The third kappa shape index (κ3) is 0.544. The molecule has 0 N–H and O–H groups in total. The molecular weight excluding hydrogens is 138 g/mol. The molecule has 0 aliphatic carbocycles. The summed E-state index contributed by atoms with van der Waals surface area (Å²) in [6.45, 7) is 0. The van der Waals surface area contributed by atoms with Crippen LogP contribution in [0.25, 0.3) is 0 Å². The first kappa shape index (κ1) is 5.32. The summed E-state index contributed by atoms with van der Waals surface area (Å²) >= 11 is -0.907. The molecule has 2 heterocycles. The van der Waals surface area contributed by atoms with Gasteiger partial charge in [-0.25, -0.2) is 0 Å². The van der Waals surface area contributed by atoms with Crippen molar-refractivity contribution in [1.82, 2.24) is 4.90 Å². The summed E-state index contributed by atoms with van der Waals surface area (Å²) in [5.41, 5.74) is 0. The van der Waals surface area contributed by atoms with Crippen molar-refractivity contribution < 1.29 is 9.35 Å². The summed E-state index contributed by atoms with van der Waals surface area (Å²) in [4.78, 5) is 12.1. The summed E-state index contributed by atoms with van der Waals surface area (Å²) in [5, 5.41) is 1.55. The Bertz CT molecular complexity index is 191. The Kier molecular flexibility index (Phi) is 0.896. The number of β-lactam (4-membered cyclic amide) rings is 1. The second-order valence-corrected chi connectivity index (χ2v) is 3.55. The SMILES string of the molecule is O=C1C[C@H]2N1C=C[S+]2[O-]. The van der Waals surface area contributed by atoms with Crippen molar-refractivity contribution in [2.24, 2.45) is 0 Å². The monoisotopic (exact) mass is 143 g/mol. The third-order valence-electron chi connectivity index (χ3n) is 1.57. The molecule has 2 aliphatic heterocycles. The highest BCUT2D eigenvalue weighted by Crippen LogP contribution is 2.30. The Morgan fingerprint density at radius 3 is 3.11 bits per heavy atom. The van der Waals surface area contributed by atoms with Crippen molar-refractivity contribution in [1.29, 1.82) is 0 Å². The zero-order valence-electron chi connectivity index (χ0n) is 4.61. The van der Waals surface area contributed by atoms with E-state index >= 15 is 0 Å². The fraction of sp³-hybridized carbons (Fsp3) is 0.400. The first-order valence-corrected chi connectivity index (χ1v) is 3.95.